The molecule has 0 aromatic heterocycles. The first-order chi connectivity index (χ1) is 18.6. The molecule has 9 heteroatoms. The first-order valence-corrected chi connectivity index (χ1v) is 14.8. The summed E-state index contributed by atoms with van der Waals surface area (Å²) in [6, 6.07) is 23.8. The third kappa shape index (κ3) is 8.81. The van der Waals surface area contributed by atoms with E-state index in [4.69, 9.17) is 0 Å². The fourth-order valence-corrected chi connectivity index (χ4v) is 5.48. The van der Waals surface area contributed by atoms with E-state index in [2.05, 4.69) is 16.7 Å². The van der Waals surface area contributed by atoms with Gasteiger partial charge in [-0.3, -0.25) is 9.10 Å². The van der Waals surface area contributed by atoms with E-state index in [9.17, 15) is 18.3 Å². The number of nitrogens with zero attached hydrogens (tertiary/aromatic N) is 2. The molecule has 39 heavy (non-hydrogen) atoms. The maximum absolute atomic E-state index is 13.3. The molecule has 3 aromatic carbocycles. The van der Waals surface area contributed by atoms with Gasteiger partial charge in [-0.15, -0.1) is 0 Å². The van der Waals surface area contributed by atoms with Crippen molar-refractivity contribution >= 4 is 27.3 Å². The van der Waals surface area contributed by atoms with E-state index in [-0.39, 0.29) is 18.2 Å². The van der Waals surface area contributed by atoms with Crippen LogP contribution in [-0.2, 0) is 23.0 Å². The topological polar surface area (TPSA) is 102 Å². The zero-order chi connectivity index (χ0) is 28.4. The van der Waals surface area contributed by atoms with E-state index < -0.39 is 22.2 Å². The molecule has 2 atom stereocenters. The molecule has 0 fully saturated rings. The summed E-state index contributed by atoms with van der Waals surface area (Å²) in [6.07, 6.45) is 0.0822. The summed E-state index contributed by atoms with van der Waals surface area (Å²) in [5.41, 5.74) is 3.91. The van der Waals surface area contributed by atoms with Crippen molar-refractivity contribution in [1.82, 2.24) is 10.6 Å². The minimum absolute atomic E-state index is 0.0255. The number of hydrogen-bond donors (Lipinski definition) is 3. The van der Waals surface area contributed by atoms with Crippen LogP contribution in [0.2, 0.25) is 0 Å². The lowest BCUT2D eigenvalue weighted by Gasteiger charge is -2.25. The highest BCUT2D eigenvalue weighted by Crippen LogP contribution is 2.19. The number of rotatable bonds is 14. The number of carbonyl (C=O) groups excluding carboxylic acids is 1. The standard InChI is InChI=1S/C30H40N4O4S/c1-5-17-39(37,38)34(4)27-16-10-14-25(20-27)30(36)32-28(19-23-11-7-6-8-12-23)29(35)22-31-21-24-13-9-15-26(18-24)33(2)3/h6-16,18,20,28-29,31,35H,5,17,19,21-22H2,1-4H3,(H,32,36)/t28-,29+/m0/s1. The van der Waals surface area contributed by atoms with Crippen LogP contribution in [0.15, 0.2) is 78.9 Å². The molecule has 0 saturated carbocycles. The van der Waals surface area contributed by atoms with E-state index in [0.29, 0.717) is 30.6 Å². The Balaban J connectivity index is 1.72. The first-order valence-electron chi connectivity index (χ1n) is 13.2. The number of carbonyl (C=O) groups is 1. The Bertz CT molecular complexity index is 1320. The highest BCUT2D eigenvalue weighted by Gasteiger charge is 2.24. The summed E-state index contributed by atoms with van der Waals surface area (Å²) in [4.78, 5) is 15.3. The number of aliphatic hydroxyl groups is 1. The Morgan fingerprint density at radius 3 is 2.26 bits per heavy atom. The molecular formula is C30H40N4O4S. The average molecular weight is 553 g/mol. The SMILES string of the molecule is CCCS(=O)(=O)N(C)c1cccc(C(=O)N[C@@H](Cc2ccccc2)[C@H](O)CNCc2cccc(N(C)C)c2)c1. The molecule has 0 aliphatic heterocycles. The molecule has 8 nitrogen and oxygen atoms in total. The number of benzene rings is 3. The molecule has 1 amide bonds. The van der Waals surface area contributed by atoms with Gasteiger partial charge in [-0.05, 0) is 54.3 Å². The summed E-state index contributed by atoms with van der Waals surface area (Å²) in [5.74, 6) is -0.352. The lowest BCUT2D eigenvalue weighted by Crippen LogP contribution is -2.48. The van der Waals surface area contributed by atoms with Crippen LogP contribution in [0.3, 0.4) is 0 Å². The van der Waals surface area contributed by atoms with Crippen molar-refractivity contribution in [3.63, 3.8) is 0 Å². The molecule has 0 bridgehead atoms. The van der Waals surface area contributed by atoms with Crippen LogP contribution in [0, 0.1) is 0 Å². The third-order valence-electron chi connectivity index (χ3n) is 6.54. The van der Waals surface area contributed by atoms with Gasteiger partial charge in [0.2, 0.25) is 10.0 Å². The van der Waals surface area contributed by atoms with E-state index >= 15 is 0 Å². The summed E-state index contributed by atoms with van der Waals surface area (Å²) >= 11 is 0. The number of aliphatic hydroxyl groups excluding tert-OH is 1. The molecule has 3 N–H and O–H groups in total. The summed E-state index contributed by atoms with van der Waals surface area (Å²) in [5, 5.41) is 17.4. The number of amides is 1. The Labute approximate surface area is 232 Å². The van der Waals surface area contributed by atoms with E-state index in [0.717, 1.165) is 16.8 Å². The van der Waals surface area contributed by atoms with Gasteiger partial charge >= 0.3 is 0 Å². The van der Waals surface area contributed by atoms with Gasteiger partial charge in [0.05, 0.1) is 23.6 Å². The van der Waals surface area contributed by atoms with Crippen LogP contribution in [0.1, 0.15) is 34.8 Å². The lowest BCUT2D eigenvalue weighted by atomic mass is 10.00. The van der Waals surface area contributed by atoms with Crippen LogP contribution in [0.5, 0.6) is 0 Å². The summed E-state index contributed by atoms with van der Waals surface area (Å²) in [7, 11) is 2.00. The Kier molecular flexibility index (Phi) is 10.9. The molecule has 3 rings (SSSR count). The van der Waals surface area contributed by atoms with Crippen molar-refractivity contribution in [1.29, 1.82) is 0 Å². The molecular weight excluding hydrogens is 512 g/mol. The maximum atomic E-state index is 13.3. The van der Waals surface area contributed by atoms with Crippen molar-refractivity contribution in [2.45, 2.75) is 38.5 Å². The zero-order valence-corrected chi connectivity index (χ0v) is 24.0. The first kappa shape index (κ1) is 30.1. The van der Waals surface area contributed by atoms with Crippen molar-refractivity contribution in [3.8, 4) is 0 Å². The van der Waals surface area contributed by atoms with Crippen molar-refractivity contribution in [2.24, 2.45) is 0 Å². The Hall–Kier alpha value is -3.40. The second-order valence-corrected chi connectivity index (χ2v) is 12.0. The van der Waals surface area contributed by atoms with E-state index in [1.807, 2.05) is 74.4 Å². The largest absolute Gasteiger partial charge is 0.390 e. The van der Waals surface area contributed by atoms with E-state index in [1.165, 1.54) is 11.4 Å². The molecule has 0 heterocycles. The zero-order valence-electron chi connectivity index (χ0n) is 23.2. The maximum Gasteiger partial charge on any atom is 0.251 e. The predicted molar refractivity (Wildman–Crippen MR) is 159 cm³/mol. The van der Waals surface area contributed by atoms with Crippen LogP contribution < -0.4 is 19.8 Å². The van der Waals surface area contributed by atoms with Crippen LogP contribution in [0.25, 0.3) is 0 Å². The van der Waals surface area contributed by atoms with Crippen LogP contribution in [0.4, 0.5) is 11.4 Å². The second-order valence-electron chi connectivity index (χ2n) is 9.87. The summed E-state index contributed by atoms with van der Waals surface area (Å²) < 4.78 is 26.2. The van der Waals surface area contributed by atoms with E-state index in [1.54, 1.807) is 24.3 Å². The predicted octanol–water partition coefficient (Wildman–Crippen LogP) is 3.42. The van der Waals surface area contributed by atoms with Crippen molar-refractivity contribution < 1.29 is 18.3 Å². The van der Waals surface area contributed by atoms with Crippen LogP contribution >= 0.6 is 0 Å². The molecule has 210 valence electrons. The fraction of sp³-hybridized carbons (Fsp3) is 0.367. The van der Waals surface area contributed by atoms with Gasteiger partial charge < -0.3 is 20.6 Å². The average Bonchev–Trinajstić information content (AvgIpc) is 2.93. The van der Waals surface area contributed by atoms with Gasteiger partial charge in [0, 0.05) is 45.5 Å². The van der Waals surface area contributed by atoms with Crippen molar-refractivity contribution in [2.75, 3.05) is 42.6 Å². The van der Waals surface area contributed by atoms with Crippen LogP contribution in [-0.4, -0.2) is 65.0 Å². The molecule has 3 aromatic rings. The number of anilines is 2. The lowest BCUT2D eigenvalue weighted by molar-refractivity contribution is 0.0830. The highest BCUT2D eigenvalue weighted by atomic mass is 32.2. The molecule has 0 aliphatic carbocycles. The minimum Gasteiger partial charge on any atom is -0.390 e. The number of hydrogen-bond acceptors (Lipinski definition) is 6. The molecule has 0 radical (unpaired) electrons. The van der Waals surface area contributed by atoms with Gasteiger partial charge in [0.1, 0.15) is 0 Å². The Morgan fingerprint density at radius 2 is 1.56 bits per heavy atom. The van der Waals surface area contributed by atoms with Crippen molar-refractivity contribution in [3.05, 3.63) is 95.6 Å². The van der Waals surface area contributed by atoms with Gasteiger partial charge in [-0.1, -0.05) is 55.5 Å². The fourth-order valence-electron chi connectivity index (χ4n) is 4.25. The second kappa shape index (κ2) is 14.1. The number of nitrogens with one attached hydrogen (secondary N) is 2. The van der Waals surface area contributed by atoms with Gasteiger partial charge in [0.25, 0.3) is 5.91 Å². The van der Waals surface area contributed by atoms with Gasteiger partial charge in [0.15, 0.2) is 0 Å². The third-order valence-corrected chi connectivity index (χ3v) is 8.51. The highest BCUT2D eigenvalue weighted by molar-refractivity contribution is 7.92. The molecule has 0 spiro atoms. The summed E-state index contributed by atoms with van der Waals surface area (Å²) in [6.45, 7) is 2.66. The normalized spacial score (nSPS) is 12.9. The Morgan fingerprint density at radius 1 is 0.897 bits per heavy atom. The smallest absolute Gasteiger partial charge is 0.251 e. The van der Waals surface area contributed by atoms with Gasteiger partial charge in [-0.25, -0.2) is 8.42 Å². The molecule has 0 saturated heterocycles. The quantitative estimate of drug-likeness (QED) is 0.283. The molecule has 0 unspecified atom stereocenters. The monoisotopic (exact) mass is 552 g/mol. The number of sulfonamides is 1. The van der Waals surface area contributed by atoms with Gasteiger partial charge in [-0.2, -0.15) is 0 Å². The minimum atomic E-state index is -3.47. The molecule has 0 aliphatic rings.